The molecular formula is C16H14N4O2S3. The van der Waals surface area contributed by atoms with Gasteiger partial charge in [0.1, 0.15) is 0 Å². The first-order chi connectivity index (χ1) is 12.1. The molecule has 128 valence electrons. The summed E-state index contributed by atoms with van der Waals surface area (Å²) in [7, 11) is -3.49. The van der Waals surface area contributed by atoms with Gasteiger partial charge in [0.25, 0.3) is 0 Å². The molecule has 0 aliphatic rings. The zero-order chi connectivity index (χ0) is 17.3. The number of nitrogens with one attached hydrogen (secondary N) is 1. The van der Waals surface area contributed by atoms with Crippen LogP contribution in [0.15, 0.2) is 58.1 Å². The summed E-state index contributed by atoms with van der Waals surface area (Å²) in [6.45, 7) is 0.303. The molecule has 0 aliphatic carbocycles. The number of thiophene rings is 1. The van der Waals surface area contributed by atoms with Crippen LogP contribution in [0, 0.1) is 0 Å². The Bertz CT molecular complexity index is 1080. The van der Waals surface area contributed by atoms with Gasteiger partial charge < -0.3 is 0 Å². The zero-order valence-corrected chi connectivity index (χ0v) is 15.4. The maximum atomic E-state index is 12.2. The molecule has 0 bridgehead atoms. The first-order valence-corrected chi connectivity index (χ1v) is 10.8. The van der Waals surface area contributed by atoms with Crippen molar-refractivity contribution in [2.24, 2.45) is 0 Å². The minimum atomic E-state index is -3.49. The molecule has 4 rings (SSSR count). The molecule has 3 aromatic heterocycles. The molecule has 9 heteroatoms. The highest BCUT2D eigenvalue weighted by Crippen LogP contribution is 2.24. The van der Waals surface area contributed by atoms with Gasteiger partial charge in [-0.3, -0.25) is 0 Å². The summed E-state index contributed by atoms with van der Waals surface area (Å²) in [5, 5.41) is 8.49. The number of thiazole rings is 1. The van der Waals surface area contributed by atoms with Gasteiger partial charge in [0, 0.05) is 18.3 Å². The molecule has 0 fully saturated rings. The second-order valence-corrected chi connectivity index (χ2v) is 8.85. The number of hydrogen-bond acceptors (Lipinski definition) is 6. The maximum absolute atomic E-state index is 12.2. The van der Waals surface area contributed by atoms with Crippen LogP contribution in [0.2, 0.25) is 0 Å². The molecule has 0 radical (unpaired) electrons. The Labute approximate surface area is 152 Å². The third kappa shape index (κ3) is 3.36. The number of rotatable bonds is 6. The SMILES string of the molecule is O=S(=O)(NCCc1csc2nc(-c3cccs3)nn12)c1ccccc1. The fourth-order valence-electron chi connectivity index (χ4n) is 2.40. The molecule has 25 heavy (non-hydrogen) atoms. The number of fused-ring (bicyclic) bond motifs is 1. The molecule has 0 unspecified atom stereocenters. The van der Waals surface area contributed by atoms with Crippen LogP contribution in [0.5, 0.6) is 0 Å². The van der Waals surface area contributed by atoms with Crippen LogP contribution in [0.1, 0.15) is 5.69 Å². The fourth-order valence-corrected chi connectivity index (χ4v) is 4.97. The second kappa shape index (κ2) is 6.68. The maximum Gasteiger partial charge on any atom is 0.240 e. The van der Waals surface area contributed by atoms with E-state index in [9.17, 15) is 8.42 Å². The van der Waals surface area contributed by atoms with E-state index >= 15 is 0 Å². The van der Waals surface area contributed by atoms with Gasteiger partial charge in [0.05, 0.1) is 15.5 Å². The highest BCUT2D eigenvalue weighted by Gasteiger charge is 2.15. The van der Waals surface area contributed by atoms with Gasteiger partial charge in [-0.1, -0.05) is 24.3 Å². The van der Waals surface area contributed by atoms with E-state index in [2.05, 4.69) is 14.8 Å². The lowest BCUT2D eigenvalue weighted by Crippen LogP contribution is -2.26. The molecule has 3 heterocycles. The molecular weight excluding hydrogens is 376 g/mol. The van der Waals surface area contributed by atoms with Crippen molar-refractivity contribution in [2.45, 2.75) is 11.3 Å². The standard InChI is InChI=1S/C16H14N4O2S3/c21-25(22,13-5-2-1-3-6-13)17-9-8-12-11-24-16-18-15(19-20(12)16)14-7-4-10-23-14/h1-7,10-11,17H,8-9H2. The smallest absolute Gasteiger partial charge is 0.211 e. The lowest BCUT2D eigenvalue weighted by Gasteiger charge is -2.05. The van der Waals surface area contributed by atoms with Crippen molar-refractivity contribution in [1.82, 2.24) is 19.3 Å². The second-order valence-electron chi connectivity index (χ2n) is 5.29. The monoisotopic (exact) mass is 390 g/mol. The molecule has 1 N–H and O–H groups in total. The molecule has 0 atom stereocenters. The van der Waals surface area contributed by atoms with E-state index in [-0.39, 0.29) is 4.90 Å². The molecule has 0 saturated heterocycles. The van der Waals surface area contributed by atoms with Crippen LogP contribution in [0.4, 0.5) is 0 Å². The van der Waals surface area contributed by atoms with Crippen molar-refractivity contribution in [3.05, 3.63) is 58.9 Å². The van der Waals surface area contributed by atoms with Gasteiger partial charge in [0.2, 0.25) is 15.0 Å². The van der Waals surface area contributed by atoms with Crippen LogP contribution in [-0.4, -0.2) is 29.6 Å². The normalized spacial score (nSPS) is 12.0. The Balaban J connectivity index is 1.48. The van der Waals surface area contributed by atoms with Gasteiger partial charge in [-0.05, 0) is 23.6 Å². The van der Waals surface area contributed by atoms with E-state index in [1.54, 1.807) is 46.2 Å². The first kappa shape index (κ1) is 16.4. The lowest BCUT2D eigenvalue weighted by molar-refractivity contribution is 0.581. The largest absolute Gasteiger partial charge is 0.240 e. The Hall–Kier alpha value is -2.07. The molecule has 0 amide bonds. The summed E-state index contributed by atoms with van der Waals surface area (Å²) in [4.78, 5) is 6.62. The number of hydrogen-bond donors (Lipinski definition) is 1. The van der Waals surface area contributed by atoms with Crippen molar-refractivity contribution in [2.75, 3.05) is 6.54 Å². The number of benzene rings is 1. The molecule has 6 nitrogen and oxygen atoms in total. The van der Waals surface area contributed by atoms with E-state index in [1.165, 1.54) is 11.3 Å². The topological polar surface area (TPSA) is 76.4 Å². The van der Waals surface area contributed by atoms with Gasteiger partial charge in [0.15, 0.2) is 5.82 Å². The Morgan fingerprint density at radius 3 is 2.68 bits per heavy atom. The molecule has 4 aromatic rings. The van der Waals surface area contributed by atoms with Crippen LogP contribution in [0.3, 0.4) is 0 Å². The zero-order valence-electron chi connectivity index (χ0n) is 13.0. The molecule has 0 saturated carbocycles. The quantitative estimate of drug-likeness (QED) is 0.549. The highest BCUT2D eigenvalue weighted by molar-refractivity contribution is 7.89. The van der Waals surface area contributed by atoms with Crippen molar-refractivity contribution >= 4 is 37.7 Å². The summed E-state index contributed by atoms with van der Waals surface area (Å²) in [5.41, 5.74) is 0.936. The van der Waals surface area contributed by atoms with Gasteiger partial charge in [-0.2, -0.15) is 4.98 Å². The van der Waals surface area contributed by atoms with Crippen molar-refractivity contribution < 1.29 is 8.42 Å². The van der Waals surface area contributed by atoms with Gasteiger partial charge in [-0.25, -0.2) is 17.7 Å². The molecule has 1 aromatic carbocycles. The fraction of sp³-hybridized carbons (Fsp3) is 0.125. The highest BCUT2D eigenvalue weighted by atomic mass is 32.2. The van der Waals surface area contributed by atoms with Crippen LogP contribution < -0.4 is 4.72 Å². The van der Waals surface area contributed by atoms with E-state index in [1.807, 2.05) is 22.9 Å². The summed E-state index contributed by atoms with van der Waals surface area (Å²) in [6, 6.07) is 12.3. The summed E-state index contributed by atoms with van der Waals surface area (Å²) >= 11 is 3.10. The Kier molecular flexibility index (Phi) is 4.38. The van der Waals surface area contributed by atoms with E-state index in [4.69, 9.17) is 0 Å². The van der Waals surface area contributed by atoms with Gasteiger partial charge in [-0.15, -0.1) is 27.8 Å². The molecule has 0 aliphatic heterocycles. The summed E-state index contributed by atoms with van der Waals surface area (Å²) < 4.78 is 28.9. The predicted octanol–water partition coefficient (Wildman–Crippen LogP) is 3.04. The van der Waals surface area contributed by atoms with Crippen molar-refractivity contribution in [1.29, 1.82) is 0 Å². The van der Waals surface area contributed by atoms with E-state index in [0.29, 0.717) is 18.8 Å². The third-order valence-electron chi connectivity index (χ3n) is 3.62. The van der Waals surface area contributed by atoms with Crippen molar-refractivity contribution in [3.63, 3.8) is 0 Å². The van der Waals surface area contributed by atoms with Crippen LogP contribution >= 0.6 is 22.7 Å². The van der Waals surface area contributed by atoms with E-state index < -0.39 is 10.0 Å². The van der Waals surface area contributed by atoms with E-state index in [0.717, 1.165) is 15.5 Å². The minimum absolute atomic E-state index is 0.270. The van der Waals surface area contributed by atoms with Crippen molar-refractivity contribution in [3.8, 4) is 10.7 Å². The Morgan fingerprint density at radius 2 is 1.92 bits per heavy atom. The summed E-state index contributed by atoms with van der Waals surface area (Å²) in [6.07, 6.45) is 0.541. The average molecular weight is 391 g/mol. The van der Waals surface area contributed by atoms with Crippen LogP contribution in [-0.2, 0) is 16.4 Å². The predicted molar refractivity (Wildman–Crippen MR) is 99.5 cm³/mol. The minimum Gasteiger partial charge on any atom is -0.211 e. The first-order valence-electron chi connectivity index (χ1n) is 7.55. The third-order valence-corrected chi connectivity index (χ3v) is 6.83. The van der Waals surface area contributed by atoms with Gasteiger partial charge >= 0.3 is 0 Å². The average Bonchev–Trinajstić information content (AvgIpc) is 3.33. The number of sulfonamides is 1. The number of nitrogens with zero attached hydrogens (tertiary/aromatic N) is 3. The number of aromatic nitrogens is 3. The summed E-state index contributed by atoms with van der Waals surface area (Å²) in [5.74, 6) is 0.702. The Morgan fingerprint density at radius 1 is 1.08 bits per heavy atom. The lowest BCUT2D eigenvalue weighted by atomic mass is 10.3. The molecule has 0 spiro atoms. The van der Waals surface area contributed by atoms with Crippen LogP contribution in [0.25, 0.3) is 15.7 Å².